The van der Waals surface area contributed by atoms with Crippen LogP contribution in [0.2, 0.25) is 0 Å². The summed E-state index contributed by atoms with van der Waals surface area (Å²) in [6.07, 6.45) is 2.32. The van der Waals surface area contributed by atoms with Gasteiger partial charge in [-0.3, -0.25) is 9.79 Å². The van der Waals surface area contributed by atoms with Crippen molar-refractivity contribution in [2.24, 2.45) is 4.99 Å². The van der Waals surface area contributed by atoms with Crippen LogP contribution in [0.15, 0.2) is 29.3 Å². The Balaban J connectivity index is 2.35. The molecule has 0 spiro atoms. The van der Waals surface area contributed by atoms with Gasteiger partial charge in [0, 0.05) is 39.1 Å². The third-order valence-electron chi connectivity index (χ3n) is 3.92. The number of hydrogen-bond acceptors (Lipinski definition) is 3. The van der Waals surface area contributed by atoms with Gasteiger partial charge in [0.1, 0.15) is 5.75 Å². The zero-order valence-electron chi connectivity index (χ0n) is 15.7. The van der Waals surface area contributed by atoms with Crippen LogP contribution in [0.1, 0.15) is 39.2 Å². The number of aliphatic imine (C=N–C) groups is 1. The van der Waals surface area contributed by atoms with E-state index in [2.05, 4.69) is 15.6 Å². The molecule has 6 nitrogen and oxygen atoms in total. The minimum absolute atomic E-state index is 0.167. The first-order chi connectivity index (χ1) is 12.1. The number of nitrogens with zero attached hydrogens (tertiary/aromatic N) is 2. The summed E-state index contributed by atoms with van der Waals surface area (Å²) in [6.45, 7) is 9.59. The van der Waals surface area contributed by atoms with E-state index in [9.17, 15) is 9.90 Å². The topological polar surface area (TPSA) is 77.0 Å². The maximum atomic E-state index is 12.0. The van der Waals surface area contributed by atoms with Crippen molar-refractivity contribution in [3.05, 3.63) is 29.8 Å². The number of phenolic OH excluding ortho intramolecular Hbond substituents is 1. The molecule has 1 amide bonds. The lowest BCUT2D eigenvalue weighted by Crippen LogP contribution is -2.40. The number of hydrogen-bond donors (Lipinski definition) is 3. The first kappa shape index (κ1) is 20.8. The third-order valence-corrected chi connectivity index (χ3v) is 3.92. The smallest absolute Gasteiger partial charge is 0.224 e. The number of rotatable bonds is 10. The summed E-state index contributed by atoms with van der Waals surface area (Å²) in [4.78, 5) is 18.4. The van der Waals surface area contributed by atoms with Crippen molar-refractivity contribution in [2.45, 2.75) is 40.0 Å². The SMILES string of the molecule is CCNC(=NCCCc1ccc(O)cc1)NCCC(=O)N(CC)CC. The Morgan fingerprint density at radius 3 is 2.40 bits per heavy atom. The number of carbonyl (C=O) groups excluding carboxylic acids is 1. The highest BCUT2D eigenvalue weighted by Crippen LogP contribution is 2.10. The molecule has 0 atom stereocenters. The normalized spacial score (nSPS) is 11.2. The Kier molecular flexibility index (Phi) is 10.1. The lowest BCUT2D eigenvalue weighted by atomic mass is 10.1. The summed E-state index contributed by atoms with van der Waals surface area (Å²) < 4.78 is 0. The van der Waals surface area contributed by atoms with Gasteiger partial charge in [0.05, 0.1) is 0 Å². The van der Waals surface area contributed by atoms with Crippen LogP contribution in [-0.2, 0) is 11.2 Å². The molecule has 0 saturated heterocycles. The molecule has 0 aliphatic rings. The van der Waals surface area contributed by atoms with Crippen LogP contribution in [0.25, 0.3) is 0 Å². The maximum absolute atomic E-state index is 12.0. The molecule has 0 aromatic heterocycles. The van der Waals surface area contributed by atoms with Crippen molar-refractivity contribution < 1.29 is 9.90 Å². The summed E-state index contributed by atoms with van der Waals surface area (Å²) in [6, 6.07) is 7.27. The molecule has 140 valence electrons. The Hall–Kier alpha value is -2.24. The van der Waals surface area contributed by atoms with Crippen molar-refractivity contribution in [3.8, 4) is 5.75 Å². The zero-order valence-corrected chi connectivity index (χ0v) is 15.7. The van der Waals surface area contributed by atoms with E-state index in [4.69, 9.17) is 0 Å². The molecule has 1 rings (SSSR count). The zero-order chi connectivity index (χ0) is 18.5. The fourth-order valence-corrected chi connectivity index (χ4v) is 2.50. The monoisotopic (exact) mass is 348 g/mol. The van der Waals surface area contributed by atoms with Gasteiger partial charge in [-0.25, -0.2) is 0 Å². The highest BCUT2D eigenvalue weighted by molar-refractivity contribution is 5.81. The number of nitrogens with one attached hydrogen (secondary N) is 2. The number of benzene rings is 1. The molecule has 0 aliphatic carbocycles. The number of carbonyl (C=O) groups is 1. The van der Waals surface area contributed by atoms with E-state index < -0.39 is 0 Å². The van der Waals surface area contributed by atoms with E-state index in [1.165, 1.54) is 5.56 Å². The van der Waals surface area contributed by atoms with Gasteiger partial charge in [-0.1, -0.05) is 12.1 Å². The van der Waals surface area contributed by atoms with Crippen LogP contribution in [0.3, 0.4) is 0 Å². The largest absolute Gasteiger partial charge is 0.508 e. The number of phenols is 1. The predicted octanol–water partition coefficient (Wildman–Crippen LogP) is 2.14. The third kappa shape index (κ3) is 8.42. The van der Waals surface area contributed by atoms with Crippen molar-refractivity contribution in [1.82, 2.24) is 15.5 Å². The fraction of sp³-hybridized carbons (Fsp3) is 0.579. The molecule has 3 N–H and O–H groups in total. The minimum atomic E-state index is 0.167. The Bertz CT molecular complexity index is 525. The minimum Gasteiger partial charge on any atom is -0.508 e. The molecule has 25 heavy (non-hydrogen) atoms. The van der Waals surface area contributed by atoms with Crippen molar-refractivity contribution in [3.63, 3.8) is 0 Å². The van der Waals surface area contributed by atoms with Crippen LogP contribution < -0.4 is 10.6 Å². The lowest BCUT2D eigenvalue weighted by Gasteiger charge is -2.19. The van der Waals surface area contributed by atoms with Gasteiger partial charge in [0.25, 0.3) is 0 Å². The van der Waals surface area contributed by atoms with Gasteiger partial charge in [0.15, 0.2) is 5.96 Å². The van der Waals surface area contributed by atoms with E-state index in [0.717, 1.165) is 38.4 Å². The van der Waals surface area contributed by atoms with E-state index in [1.54, 1.807) is 12.1 Å². The molecule has 0 saturated carbocycles. The van der Waals surface area contributed by atoms with Crippen LogP contribution in [-0.4, -0.2) is 54.6 Å². The molecule has 1 aromatic rings. The summed E-state index contributed by atoms with van der Waals surface area (Å²) in [7, 11) is 0. The average Bonchev–Trinajstić information content (AvgIpc) is 2.61. The Morgan fingerprint density at radius 1 is 1.12 bits per heavy atom. The molecule has 0 bridgehead atoms. The van der Waals surface area contributed by atoms with E-state index in [-0.39, 0.29) is 5.91 Å². The maximum Gasteiger partial charge on any atom is 0.224 e. The molecule has 0 aliphatic heterocycles. The van der Waals surface area contributed by atoms with Gasteiger partial charge >= 0.3 is 0 Å². The van der Waals surface area contributed by atoms with Crippen LogP contribution in [0.5, 0.6) is 5.75 Å². The second-order valence-corrected chi connectivity index (χ2v) is 5.77. The molecule has 0 fully saturated rings. The summed E-state index contributed by atoms with van der Waals surface area (Å²) in [5.41, 5.74) is 1.19. The Labute approximate surface area is 151 Å². The van der Waals surface area contributed by atoms with E-state index in [0.29, 0.717) is 25.3 Å². The summed E-state index contributed by atoms with van der Waals surface area (Å²) in [5.74, 6) is 1.21. The lowest BCUT2D eigenvalue weighted by molar-refractivity contribution is -0.130. The highest BCUT2D eigenvalue weighted by Gasteiger charge is 2.09. The number of amides is 1. The average molecular weight is 348 g/mol. The molecular weight excluding hydrogens is 316 g/mol. The van der Waals surface area contributed by atoms with Gasteiger partial charge in [-0.2, -0.15) is 0 Å². The van der Waals surface area contributed by atoms with Crippen LogP contribution in [0.4, 0.5) is 0 Å². The Morgan fingerprint density at radius 2 is 1.80 bits per heavy atom. The first-order valence-corrected chi connectivity index (χ1v) is 9.18. The molecule has 6 heteroatoms. The second-order valence-electron chi connectivity index (χ2n) is 5.77. The van der Waals surface area contributed by atoms with Gasteiger partial charge in [-0.15, -0.1) is 0 Å². The van der Waals surface area contributed by atoms with Gasteiger partial charge in [0.2, 0.25) is 5.91 Å². The quantitative estimate of drug-likeness (QED) is 0.344. The number of guanidine groups is 1. The molecule has 0 heterocycles. The second kappa shape index (κ2) is 12.2. The molecule has 1 aromatic carbocycles. The molecular formula is C19H32N4O2. The summed E-state index contributed by atoms with van der Waals surface area (Å²) in [5, 5.41) is 15.7. The number of aromatic hydroxyl groups is 1. The highest BCUT2D eigenvalue weighted by atomic mass is 16.3. The van der Waals surface area contributed by atoms with Crippen LogP contribution >= 0.6 is 0 Å². The van der Waals surface area contributed by atoms with Crippen LogP contribution in [0, 0.1) is 0 Å². The predicted molar refractivity (Wildman–Crippen MR) is 103 cm³/mol. The number of aryl methyl sites for hydroxylation is 1. The fourth-order valence-electron chi connectivity index (χ4n) is 2.50. The standard InChI is InChI=1S/C19H32N4O2/c1-4-20-19(22-15-13-18(25)23(5-2)6-3)21-14-7-8-16-9-11-17(24)12-10-16/h9-12,24H,4-8,13-15H2,1-3H3,(H2,20,21,22). The van der Waals surface area contributed by atoms with Gasteiger partial charge in [-0.05, 0) is 51.3 Å². The van der Waals surface area contributed by atoms with Crippen molar-refractivity contribution in [2.75, 3.05) is 32.7 Å². The molecule has 0 radical (unpaired) electrons. The van der Waals surface area contributed by atoms with E-state index in [1.807, 2.05) is 37.8 Å². The summed E-state index contributed by atoms with van der Waals surface area (Å²) >= 11 is 0. The molecule has 0 unspecified atom stereocenters. The van der Waals surface area contributed by atoms with Gasteiger partial charge < -0.3 is 20.6 Å². The van der Waals surface area contributed by atoms with Crippen molar-refractivity contribution in [1.29, 1.82) is 0 Å². The van der Waals surface area contributed by atoms with Crippen molar-refractivity contribution >= 4 is 11.9 Å². The van der Waals surface area contributed by atoms with E-state index >= 15 is 0 Å². The first-order valence-electron chi connectivity index (χ1n) is 9.18.